The zero-order valence-corrected chi connectivity index (χ0v) is 10.8. The normalized spacial score (nSPS) is 33.2. The second-order valence-electron chi connectivity index (χ2n) is 5.32. The van der Waals surface area contributed by atoms with Crippen molar-refractivity contribution in [1.82, 2.24) is 5.32 Å². The molecule has 4 unspecified atom stereocenters. The van der Waals surface area contributed by atoms with Gasteiger partial charge in [-0.25, -0.2) is 0 Å². The first-order chi connectivity index (χ1) is 7.20. The molecule has 0 saturated heterocycles. The number of halogens is 1. The molecule has 2 aliphatic carbocycles. The standard InChI is InChI=1S/C12H22N2O.ClH/c1-8(6-13)12(15)14-7-11-5-9-2-3-10(11)4-9;/h8-11H,2-7,13H2,1H3,(H,14,15);1H. The Hall–Kier alpha value is -0.280. The van der Waals surface area contributed by atoms with Crippen LogP contribution in [0.3, 0.4) is 0 Å². The summed E-state index contributed by atoms with van der Waals surface area (Å²) in [5, 5.41) is 3.04. The van der Waals surface area contributed by atoms with E-state index in [1.54, 1.807) is 0 Å². The number of nitrogens with one attached hydrogen (secondary N) is 1. The molecule has 4 heteroatoms. The minimum absolute atomic E-state index is 0. The first-order valence-electron chi connectivity index (χ1n) is 6.18. The molecule has 2 fully saturated rings. The van der Waals surface area contributed by atoms with E-state index in [9.17, 15) is 4.79 Å². The molecule has 0 aromatic heterocycles. The van der Waals surface area contributed by atoms with Crippen LogP contribution in [0.1, 0.15) is 32.6 Å². The average molecular weight is 247 g/mol. The maximum absolute atomic E-state index is 11.5. The zero-order chi connectivity index (χ0) is 10.8. The van der Waals surface area contributed by atoms with Crippen molar-refractivity contribution in [2.24, 2.45) is 29.4 Å². The van der Waals surface area contributed by atoms with E-state index >= 15 is 0 Å². The fourth-order valence-electron chi connectivity index (χ4n) is 3.14. The fraction of sp³-hybridized carbons (Fsp3) is 0.917. The van der Waals surface area contributed by atoms with Gasteiger partial charge in [-0.3, -0.25) is 4.79 Å². The second kappa shape index (κ2) is 5.87. The van der Waals surface area contributed by atoms with E-state index in [-0.39, 0.29) is 24.2 Å². The quantitative estimate of drug-likeness (QED) is 0.791. The number of carbonyl (C=O) groups excluding carboxylic acids is 1. The third kappa shape index (κ3) is 2.89. The lowest BCUT2D eigenvalue weighted by atomic mass is 9.89. The van der Waals surface area contributed by atoms with Crippen LogP contribution in [0.15, 0.2) is 0 Å². The maximum atomic E-state index is 11.5. The van der Waals surface area contributed by atoms with Gasteiger partial charge in [0, 0.05) is 19.0 Å². The zero-order valence-electron chi connectivity index (χ0n) is 9.95. The molecule has 0 aromatic rings. The fourth-order valence-corrected chi connectivity index (χ4v) is 3.14. The predicted octanol–water partition coefficient (Wildman–Crippen LogP) is 1.56. The van der Waals surface area contributed by atoms with E-state index in [0.29, 0.717) is 6.54 Å². The lowest BCUT2D eigenvalue weighted by molar-refractivity contribution is -0.124. The largest absolute Gasteiger partial charge is 0.356 e. The van der Waals surface area contributed by atoms with Crippen molar-refractivity contribution in [3.05, 3.63) is 0 Å². The Labute approximate surface area is 104 Å². The topological polar surface area (TPSA) is 55.1 Å². The molecule has 2 aliphatic rings. The summed E-state index contributed by atoms with van der Waals surface area (Å²) in [6.45, 7) is 3.21. The summed E-state index contributed by atoms with van der Waals surface area (Å²) in [6, 6.07) is 0. The molecule has 0 heterocycles. The van der Waals surface area contributed by atoms with Crippen molar-refractivity contribution in [1.29, 1.82) is 0 Å². The van der Waals surface area contributed by atoms with Crippen LogP contribution in [0.25, 0.3) is 0 Å². The van der Waals surface area contributed by atoms with Crippen LogP contribution >= 0.6 is 12.4 Å². The highest BCUT2D eigenvalue weighted by molar-refractivity contribution is 5.85. The first-order valence-corrected chi connectivity index (χ1v) is 6.18. The molecule has 0 radical (unpaired) electrons. The molecular formula is C12H23ClN2O. The molecule has 0 aromatic carbocycles. The Morgan fingerprint density at radius 2 is 2.19 bits per heavy atom. The Bertz CT molecular complexity index is 247. The van der Waals surface area contributed by atoms with Gasteiger partial charge < -0.3 is 11.1 Å². The lowest BCUT2D eigenvalue weighted by Crippen LogP contribution is -2.37. The SMILES string of the molecule is CC(CN)C(=O)NCC1CC2CCC1C2.Cl. The number of fused-ring (bicyclic) bond motifs is 2. The van der Waals surface area contributed by atoms with Gasteiger partial charge in [-0.2, -0.15) is 0 Å². The maximum Gasteiger partial charge on any atom is 0.224 e. The highest BCUT2D eigenvalue weighted by Gasteiger charge is 2.39. The summed E-state index contributed by atoms with van der Waals surface area (Å²) in [6.07, 6.45) is 5.56. The van der Waals surface area contributed by atoms with E-state index in [4.69, 9.17) is 5.73 Å². The summed E-state index contributed by atoms with van der Waals surface area (Å²) < 4.78 is 0. The molecule has 3 nitrogen and oxygen atoms in total. The minimum Gasteiger partial charge on any atom is -0.356 e. The Morgan fingerprint density at radius 3 is 2.69 bits per heavy atom. The van der Waals surface area contributed by atoms with Crippen molar-refractivity contribution in [3.8, 4) is 0 Å². The summed E-state index contributed by atoms with van der Waals surface area (Å²) in [7, 11) is 0. The number of hydrogen-bond donors (Lipinski definition) is 2. The smallest absolute Gasteiger partial charge is 0.224 e. The van der Waals surface area contributed by atoms with E-state index in [2.05, 4.69) is 5.32 Å². The van der Waals surface area contributed by atoms with Crippen molar-refractivity contribution in [2.45, 2.75) is 32.6 Å². The van der Waals surface area contributed by atoms with Crippen LogP contribution in [0.5, 0.6) is 0 Å². The predicted molar refractivity (Wildman–Crippen MR) is 67.4 cm³/mol. The number of carbonyl (C=O) groups is 1. The number of rotatable bonds is 4. The molecule has 4 atom stereocenters. The van der Waals surface area contributed by atoms with E-state index in [1.165, 1.54) is 25.7 Å². The van der Waals surface area contributed by atoms with Gasteiger partial charge in [0.1, 0.15) is 0 Å². The average Bonchev–Trinajstić information content (AvgIpc) is 2.86. The van der Waals surface area contributed by atoms with Gasteiger partial charge in [0.25, 0.3) is 0 Å². The summed E-state index contributed by atoms with van der Waals surface area (Å²) in [5.41, 5.74) is 5.46. The first kappa shape index (κ1) is 13.8. The summed E-state index contributed by atoms with van der Waals surface area (Å²) in [5.74, 6) is 2.69. The van der Waals surface area contributed by atoms with Crippen molar-refractivity contribution >= 4 is 18.3 Å². The van der Waals surface area contributed by atoms with Crippen molar-refractivity contribution in [3.63, 3.8) is 0 Å². The minimum atomic E-state index is -0.0383. The molecule has 16 heavy (non-hydrogen) atoms. The lowest BCUT2D eigenvalue weighted by Gasteiger charge is -2.22. The van der Waals surface area contributed by atoms with Crippen molar-refractivity contribution < 1.29 is 4.79 Å². The molecule has 0 spiro atoms. The van der Waals surface area contributed by atoms with Gasteiger partial charge in [0.05, 0.1) is 0 Å². The number of nitrogens with two attached hydrogens (primary N) is 1. The molecule has 2 bridgehead atoms. The molecule has 3 N–H and O–H groups in total. The molecule has 94 valence electrons. The molecule has 0 aliphatic heterocycles. The summed E-state index contributed by atoms with van der Waals surface area (Å²) >= 11 is 0. The van der Waals surface area contributed by atoms with Gasteiger partial charge in [-0.15, -0.1) is 12.4 Å². The van der Waals surface area contributed by atoms with Gasteiger partial charge in [-0.05, 0) is 37.0 Å². The van der Waals surface area contributed by atoms with E-state index in [1.807, 2.05) is 6.92 Å². The molecular weight excluding hydrogens is 224 g/mol. The number of hydrogen-bond acceptors (Lipinski definition) is 2. The Kier molecular flexibility index (Phi) is 5.06. The van der Waals surface area contributed by atoms with Gasteiger partial charge >= 0.3 is 0 Å². The molecule has 2 saturated carbocycles. The van der Waals surface area contributed by atoms with Crippen LogP contribution in [0.2, 0.25) is 0 Å². The van der Waals surface area contributed by atoms with Crippen LogP contribution < -0.4 is 11.1 Å². The van der Waals surface area contributed by atoms with Gasteiger partial charge in [0.2, 0.25) is 5.91 Å². The van der Waals surface area contributed by atoms with Crippen LogP contribution in [-0.4, -0.2) is 19.0 Å². The highest BCUT2D eigenvalue weighted by atomic mass is 35.5. The van der Waals surface area contributed by atoms with Gasteiger partial charge in [0.15, 0.2) is 0 Å². The van der Waals surface area contributed by atoms with E-state index in [0.717, 1.165) is 24.3 Å². The van der Waals surface area contributed by atoms with Crippen molar-refractivity contribution in [2.75, 3.05) is 13.1 Å². The second-order valence-corrected chi connectivity index (χ2v) is 5.32. The number of amides is 1. The molecule has 1 amide bonds. The monoisotopic (exact) mass is 246 g/mol. The molecule has 2 rings (SSSR count). The van der Waals surface area contributed by atoms with Crippen LogP contribution in [0.4, 0.5) is 0 Å². The Balaban J connectivity index is 0.00000128. The van der Waals surface area contributed by atoms with E-state index < -0.39 is 0 Å². The highest BCUT2D eigenvalue weighted by Crippen LogP contribution is 2.47. The van der Waals surface area contributed by atoms with Crippen LogP contribution in [0, 0.1) is 23.7 Å². The van der Waals surface area contributed by atoms with Crippen LogP contribution in [-0.2, 0) is 4.79 Å². The summed E-state index contributed by atoms with van der Waals surface area (Å²) in [4.78, 5) is 11.5. The third-order valence-electron chi connectivity index (χ3n) is 4.22. The Morgan fingerprint density at radius 1 is 1.44 bits per heavy atom. The third-order valence-corrected chi connectivity index (χ3v) is 4.22. The van der Waals surface area contributed by atoms with Gasteiger partial charge in [-0.1, -0.05) is 13.3 Å².